The monoisotopic (exact) mass is 542 g/mol. The third-order valence-corrected chi connectivity index (χ3v) is 6.88. The number of hydrogen-bond donors (Lipinski definition) is 6. The van der Waals surface area contributed by atoms with Crippen molar-refractivity contribution in [2.75, 3.05) is 55.5 Å². The second-order valence-corrected chi connectivity index (χ2v) is 10.1. The van der Waals surface area contributed by atoms with Gasteiger partial charge in [-0.3, -0.25) is 4.79 Å². The van der Waals surface area contributed by atoms with Crippen LogP contribution in [0.25, 0.3) is 0 Å². The zero-order valence-electron chi connectivity index (χ0n) is 22.5. The molecule has 0 atom stereocenters. The van der Waals surface area contributed by atoms with Crippen LogP contribution in [0, 0.1) is 0 Å². The first-order valence-electron chi connectivity index (χ1n) is 14.0. The van der Waals surface area contributed by atoms with E-state index in [9.17, 15) is 9.90 Å². The number of aliphatic hydroxyl groups is 1. The van der Waals surface area contributed by atoms with E-state index in [0.29, 0.717) is 63.4 Å². The molecule has 7 N–H and O–H groups in total. The maximum Gasteiger partial charge on any atom is 0.233 e. The van der Waals surface area contributed by atoms with Crippen LogP contribution in [0.2, 0.25) is 0 Å². The van der Waals surface area contributed by atoms with Crippen LogP contribution in [0.1, 0.15) is 50.5 Å². The average molecular weight is 543 g/mol. The molecule has 0 radical (unpaired) electrons. The van der Waals surface area contributed by atoms with Gasteiger partial charge in [0.15, 0.2) is 0 Å². The Morgan fingerprint density at radius 1 is 0.846 bits per heavy atom. The van der Waals surface area contributed by atoms with Crippen LogP contribution in [0.15, 0.2) is 24.3 Å². The predicted octanol–water partition coefficient (Wildman–Crippen LogP) is 1.95. The largest absolute Gasteiger partial charge is 0.393 e. The van der Waals surface area contributed by atoms with Gasteiger partial charge < -0.3 is 41.6 Å². The fraction of sp³-hybridized carbons (Fsp3) is 0.630. The van der Waals surface area contributed by atoms with Crippen LogP contribution in [0.4, 0.5) is 23.5 Å². The second-order valence-electron chi connectivity index (χ2n) is 10.1. The fourth-order valence-corrected chi connectivity index (χ4v) is 4.45. The second kappa shape index (κ2) is 15.5. The number of aliphatic hydroxyl groups excluding tert-OH is 1. The van der Waals surface area contributed by atoms with E-state index in [-0.39, 0.29) is 24.5 Å². The molecule has 0 saturated heterocycles. The Morgan fingerprint density at radius 3 is 2.08 bits per heavy atom. The van der Waals surface area contributed by atoms with Crippen LogP contribution >= 0.6 is 0 Å². The first kappa shape index (κ1) is 28.9. The summed E-state index contributed by atoms with van der Waals surface area (Å²) in [7, 11) is 0. The van der Waals surface area contributed by atoms with E-state index in [1.165, 1.54) is 6.42 Å². The van der Waals surface area contributed by atoms with Crippen LogP contribution in [-0.4, -0.2) is 83.7 Å². The molecule has 1 amide bonds. The molecular formula is C27H42N8O4. The topological polar surface area (TPSA) is 169 Å². The van der Waals surface area contributed by atoms with Crippen molar-refractivity contribution >= 4 is 29.4 Å². The maximum atomic E-state index is 12.3. The molecule has 12 nitrogen and oxygen atoms in total. The standard InChI is InChI=1S/C27H42N8O4/c28-12-14-38-16-17-39-15-13-29-24(37)18-19-4-6-21(7-5-19)31-26-33-25(30-20-2-1-3-20)34-27(35-26)32-22-8-10-23(36)11-9-22/h4-7,20,22-23,36H,1-3,8-18,28H2,(H,29,37)(H3,30,31,32,33,34,35). The van der Waals surface area contributed by atoms with Crippen molar-refractivity contribution in [1.82, 2.24) is 20.3 Å². The molecule has 12 heteroatoms. The van der Waals surface area contributed by atoms with Gasteiger partial charge in [0.25, 0.3) is 0 Å². The van der Waals surface area contributed by atoms with Crippen molar-refractivity contribution < 1.29 is 19.4 Å². The Bertz CT molecular complexity index is 1010. The molecule has 2 fully saturated rings. The Labute approximate surface area is 229 Å². The van der Waals surface area contributed by atoms with Gasteiger partial charge in [-0.2, -0.15) is 15.0 Å². The normalized spacial score (nSPS) is 19.2. The molecule has 1 aromatic carbocycles. The number of nitrogens with zero attached hydrogens (tertiary/aromatic N) is 3. The molecule has 214 valence electrons. The first-order valence-corrected chi connectivity index (χ1v) is 14.0. The highest BCUT2D eigenvalue weighted by atomic mass is 16.5. The van der Waals surface area contributed by atoms with E-state index in [1.807, 2.05) is 24.3 Å². The van der Waals surface area contributed by atoms with Crippen LogP contribution < -0.4 is 27.0 Å². The Balaban J connectivity index is 1.26. The number of rotatable bonds is 16. The summed E-state index contributed by atoms with van der Waals surface area (Å²) in [4.78, 5) is 26.0. The van der Waals surface area contributed by atoms with Crippen molar-refractivity contribution in [2.45, 2.75) is 69.6 Å². The van der Waals surface area contributed by atoms with Crippen LogP contribution in [0.5, 0.6) is 0 Å². The summed E-state index contributed by atoms with van der Waals surface area (Å²) in [5, 5.41) is 22.8. The van der Waals surface area contributed by atoms with E-state index >= 15 is 0 Å². The van der Waals surface area contributed by atoms with Gasteiger partial charge in [0.1, 0.15) is 0 Å². The van der Waals surface area contributed by atoms with Gasteiger partial charge in [0.2, 0.25) is 23.8 Å². The highest BCUT2D eigenvalue weighted by Gasteiger charge is 2.22. The molecule has 4 rings (SSSR count). The number of carbonyl (C=O) groups is 1. The quantitative estimate of drug-likeness (QED) is 0.171. The number of benzene rings is 1. The number of anilines is 4. The molecule has 0 bridgehead atoms. The Kier molecular flexibility index (Phi) is 11.5. The number of aromatic nitrogens is 3. The van der Waals surface area contributed by atoms with Gasteiger partial charge in [0.05, 0.1) is 39.0 Å². The molecule has 1 aromatic heterocycles. The molecule has 0 spiro atoms. The fourth-order valence-electron chi connectivity index (χ4n) is 4.45. The van der Waals surface area contributed by atoms with Gasteiger partial charge in [-0.1, -0.05) is 12.1 Å². The van der Waals surface area contributed by atoms with Crippen molar-refractivity contribution in [2.24, 2.45) is 5.73 Å². The highest BCUT2D eigenvalue weighted by Crippen LogP contribution is 2.25. The number of amides is 1. The predicted molar refractivity (Wildman–Crippen MR) is 150 cm³/mol. The number of carbonyl (C=O) groups excluding carboxylic acids is 1. The summed E-state index contributed by atoms with van der Waals surface area (Å²) < 4.78 is 10.7. The molecule has 2 aromatic rings. The lowest BCUT2D eigenvalue weighted by Crippen LogP contribution is -2.30. The number of nitrogens with one attached hydrogen (secondary N) is 4. The van der Waals surface area contributed by atoms with Crippen molar-refractivity contribution in [1.29, 1.82) is 0 Å². The highest BCUT2D eigenvalue weighted by molar-refractivity contribution is 5.78. The van der Waals surface area contributed by atoms with Gasteiger partial charge in [-0.15, -0.1) is 0 Å². The number of nitrogens with two attached hydrogens (primary N) is 1. The van der Waals surface area contributed by atoms with E-state index < -0.39 is 0 Å². The summed E-state index contributed by atoms with van der Waals surface area (Å²) in [5.74, 6) is 1.46. The molecule has 2 aliphatic carbocycles. The van der Waals surface area contributed by atoms with Gasteiger partial charge in [-0.25, -0.2) is 0 Å². The third-order valence-electron chi connectivity index (χ3n) is 6.88. The smallest absolute Gasteiger partial charge is 0.233 e. The first-order chi connectivity index (χ1) is 19.1. The van der Waals surface area contributed by atoms with E-state index in [0.717, 1.165) is 49.8 Å². The van der Waals surface area contributed by atoms with Crippen molar-refractivity contribution in [3.05, 3.63) is 29.8 Å². The van der Waals surface area contributed by atoms with E-state index in [2.05, 4.69) is 36.2 Å². The lowest BCUT2D eigenvalue weighted by molar-refractivity contribution is -0.120. The maximum absolute atomic E-state index is 12.3. The zero-order valence-corrected chi connectivity index (χ0v) is 22.5. The number of hydrogen-bond acceptors (Lipinski definition) is 11. The lowest BCUT2D eigenvalue weighted by Gasteiger charge is -2.28. The molecule has 2 aliphatic rings. The molecule has 39 heavy (non-hydrogen) atoms. The van der Waals surface area contributed by atoms with E-state index in [4.69, 9.17) is 15.2 Å². The third kappa shape index (κ3) is 10.2. The van der Waals surface area contributed by atoms with Gasteiger partial charge >= 0.3 is 0 Å². The zero-order chi connectivity index (χ0) is 27.3. The summed E-state index contributed by atoms with van der Waals surface area (Å²) in [5.41, 5.74) is 7.08. The molecule has 1 heterocycles. The van der Waals surface area contributed by atoms with E-state index in [1.54, 1.807) is 0 Å². The summed E-state index contributed by atoms with van der Waals surface area (Å²) >= 11 is 0. The van der Waals surface area contributed by atoms with Crippen molar-refractivity contribution in [3.8, 4) is 0 Å². The molecule has 0 aliphatic heterocycles. The van der Waals surface area contributed by atoms with Gasteiger partial charge in [-0.05, 0) is 62.6 Å². The number of ether oxygens (including phenoxy) is 2. The van der Waals surface area contributed by atoms with Crippen LogP contribution in [-0.2, 0) is 20.7 Å². The average Bonchev–Trinajstić information content (AvgIpc) is 2.90. The molecule has 2 saturated carbocycles. The Hall–Kier alpha value is -3.06. The lowest BCUT2D eigenvalue weighted by atomic mass is 9.93. The summed E-state index contributed by atoms with van der Waals surface area (Å²) in [6.45, 7) is 2.88. The molecular weight excluding hydrogens is 500 g/mol. The van der Waals surface area contributed by atoms with Gasteiger partial charge in [0, 0.05) is 30.9 Å². The minimum atomic E-state index is -0.213. The van der Waals surface area contributed by atoms with Crippen molar-refractivity contribution in [3.63, 3.8) is 0 Å². The minimum Gasteiger partial charge on any atom is -0.393 e. The SMILES string of the molecule is NCCOCCOCCNC(=O)Cc1ccc(Nc2nc(NC3CCC3)nc(NC3CCC(O)CC3)n2)cc1. The van der Waals surface area contributed by atoms with Crippen LogP contribution in [0.3, 0.4) is 0 Å². The summed E-state index contributed by atoms with van der Waals surface area (Å²) in [6.07, 6.45) is 6.84. The Morgan fingerprint density at radius 2 is 1.46 bits per heavy atom. The summed E-state index contributed by atoms with van der Waals surface area (Å²) in [6, 6.07) is 8.26. The molecule has 0 unspecified atom stereocenters. The minimum absolute atomic E-state index is 0.0613.